The Kier molecular flexibility index (Phi) is 5.91. The number of benzene rings is 3. The number of imide groups is 1. The van der Waals surface area contributed by atoms with Gasteiger partial charge in [0.25, 0.3) is 5.91 Å². The van der Waals surface area contributed by atoms with Crippen LogP contribution in [-0.4, -0.2) is 28.7 Å². The standard InChI is InChI=1S/C31H30FN3O3/c1-19(2)16-24-26-27(29(37)35(28(26)36)17-20-10-4-3-5-11-20)31(33-24)22-13-7-9-15-25(22)34(30(31)38)18-21-12-6-8-14-23(21)32/h3-15,19,24,26-27,33H,16-18H2,1-2H3/t24-,26+,27-,31-/m0/s1. The van der Waals surface area contributed by atoms with Gasteiger partial charge in [0.05, 0.1) is 24.9 Å². The molecular formula is C31H30FN3O3. The average molecular weight is 512 g/mol. The van der Waals surface area contributed by atoms with Crippen molar-refractivity contribution in [2.75, 3.05) is 4.90 Å². The number of hydrogen-bond acceptors (Lipinski definition) is 4. The van der Waals surface area contributed by atoms with Crippen molar-refractivity contribution in [3.05, 3.63) is 101 Å². The summed E-state index contributed by atoms with van der Waals surface area (Å²) in [5.74, 6) is -2.56. The Hall–Kier alpha value is -3.84. The van der Waals surface area contributed by atoms with Crippen LogP contribution in [0.2, 0.25) is 0 Å². The molecule has 6 rings (SSSR count). The largest absolute Gasteiger partial charge is 0.306 e. The highest BCUT2D eigenvalue weighted by atomic mass is 19.1. The Labute approximate surface area is 221 Å². The molecule has 1 spiro atoms. The normalized spacial score (nSPS) is 26.1. The number of likely N-dealkylation sites (tertiary alicyclic amines) is 1. The van der Waals surface area contributed by atoms with Crippen LogP contribution in [-0.2, 0) is 33.0 Å². The van der Waals surface area contributed by atoms with Crippen LogP contribution < -0.4 is 10.2 Å². The molecule has 3 aliphatic rings. The minimum atomic E-state index is -1.38. The molecule has 0 saturated carbocycles. The van der Waals surface area contributed by atoms with Crippen molar-refractivity contribution in [2.45, 2.75) is 44.9 Å². The van der Waals surface area contributed by atoms with E-state index in [0.29, 0.717) is 23.2 Å². The van der Waals surface area contributed by atoms with Gasteiger partial charge in [-0.05, 0) is 30.0 Å². The van der Waals surface area contributed by atoms with Gasteiger partial charge in [-0.15, -0.1) is 0 Å². The third-order valence-corrected chi connectivity index (χ3v) is 8.15. The summed E-state index contributed by atoms with van der Waals surface area (Å²) in [7, 11) is 0. The molecule has 3 aliphatic heterocycles. The smallest absolute Gasteiger partial charge is 0.253 e. The van der Waals surface area contributed by atoms with Crippen LogP contribution in [0.25, 0.3) is 0 Å². The van der Waals surface area contributed by atoms with Gasteiger partial charge in [0.1, 0.15) is 11.4 Å². The number of anilines is 1. The topological polar surface area (TPSA) is 69.7 Å². The molecule has 6 nitrogen and oxygen atoms in total. The number of carbonyl (C=O) groups excluding carboxylic acids is 3. The quantitative estimate of drug-likeness (QED) is 0.499. The minimum Gasteiger partial charge on any atom is -0.306 e. The van der Waals surface area contributed by atoms with Gasteiger partial charge in [-0.25, -0.2) is 4.39 Å². The van der Waals surface area contributed by atoms with E-state index in [1.807, 2.05) is 54.6 Å². The second-order valence-electron chi connectivity index (χ2n) is 10.9. The Morgan fingerprint density at radius 3 is 2.26 bits per heavy atom. The lowest BCUT2D eigenvalue weighted by Crippen LogP contribution is -2.55. The van der Waals surface area contributed by atoms with Crippen LogP contribution in [0.3, 0.4) is 0 Å². The molecule has 0 bridgehead atoms. The van der Waals surface area contributed by atoms with Gasteiger partial charge in [-0.1, -0.05) is 80.6 Å². The van der Waals surface area contributed by atoms with Crippen molar-refractivity contribution >= 4 is 23.4 Å². The minimum absolute atomic E-state index is 0.0358. The molecule has 0 aliphatic carbocycles. The first kappa shape index (κ1) is 24.5. The molecule has 38 heavy (non-hydrogen) atoms. The number of amides is 3. The van der Waals surface area contributed by atoms with Crippen LogP contribution in [0, 0.1) is 23.6 Å². The van der Waals surface area contributed by atoms with Gasteiger partial charge in [0, 0.05) is 22.9 Å². The van der Waals surface area contributed by atoms with Crippen molar-refractivity contribution < 1.29 is 18.8 Å². The van der Waals surface area contributed by atoms with E-state index in [-0.39, 0.29) is 42.8 Å². The van der Waals surface area contributed by atoms with E-state index in [2.05, 4.69) is 19.2 Å². The van der Waals surface area contributed by atoms with Crippen molar-refractivity contribution in [3.63, 3.8) is 0 Å². The van der Waals surface area contributed by atoms with Gasteiger partial charge in [-0.3, -0.25) is 24.6 Å². The fourth-order valence-electron chi connectivity index (χ4n) is 6.59. The molecule has 2 fully saturated rings. The van der Waals surface area contributed by atoms with Gasteiger partial charge in [0.2, 0.25) is 11.8 Å². The Balaban J connectivity index is 1.45. The highest BCUT2D eigenvalue weighted by Crippen LogP contribution is 2.55. The van der Waals surface area contributed by atoms with E-state index in [1.165, 1.54) is 11.0 Å². The fourth-order valence-corrected chi connectivity index (χ4v) is 6.59. The maximum absolute atomic E-state index is 14.6. The molecule has 3 aromatic carbocycles. The second-order valence-corrected chi connectivity index (χ2v) is 10.9. The molecule has 4 atom stereocenters. The zero-order chi connectivity index (χ0) is 26.6. The summed E-state index contributed by atoms with van der Waals surface area (Å²) in [6.07, 6.45) is 0.643. The molecule has 2 saturated heterocycles. The third kappa shape index (κ3) is 3.60. The van der Waals surface area contributed by atoms with Gasteiger partial charge in [0.15, 0.2) is 0 Å². The first-order valence-corrected chi connectivity index (χ1v) is 13.1. The number of para-hydroxylation sites is 1. The van der Waals surface area contributed by atoms with Gasteiger partial charge in [-0.2, -0.15) is 0 Å². The van der Waals surface area contributed by atoms with Gasteiger partial charge < -0.3 is 4.90 Å². The first-order chi connectivity index (χ1) is 18.3. The number of rotatable bonds is 6. The number of fused-ring (bicyclic) bond motifs is 4. The van der Waals surface area contributed by atoms with Crippen LogP contribution in [0.1, 0.15) is 37.0 Å². The molecular weight excluding hydrogens is 481 g/mol. The SMILES string of the molecule is CC(C)C[C@@H]1N[C@]2(C(=O)N(Cc3ccccc3F)c3ccccc32)[C@@H]2C(=O)N(Cc3ccccc3)C(=O)[C@H]12. The van der Waals surface area contributed by atoms with Crippen LogP contribution in [0.15, 0.2) is 78.9 Å². The number of halogens is 1. The molecule has 0 aromatic heterocycles. The Bertz CT molecular complexity index is 1420. The maximum Gasteiger partial charge on any atom is 0.253 e. The van der Waals surface area contributed by atoms with E-state index in [1.54, 1.807) is 23.1 Å². The summed E-state index contributed by atoms with van der Waals surface area (Å²) in [5.41, 5.74) is 1.17. The summed E-state index contributed by atoms with van der Waals surface area (Å²) < 4.78 is 14.6. The molecule has 3 aromatic rings. The number of nitrogens with zero attached hydrogens (tertiary/aromatic N) is 2. The highest BCUT2D eigenvalue weighted by Gasteiger charge is 2.71. The molecule has 0 radical (unpaired) electrons. The van der Waals surface area contributed by atoms with E-state index in [0.717, 1.165) is 5.56 Å². The van der Waals surface area contributed by atoms with E-state index in [4.69, 9.17) is 0 Å². The average Bonchev–Trinajstić information content (AvgIpc) is 3.45. The zero-order valence-electron chi connectivity index (χ0n) is 21.4. The summed E-state index contributed by atoms with van der Waals surface area (Å²) >= 11 is 0. The number of carbonyl (C=O) groups is 3. The maximum atomic E-state index is 14.6. The van der Waals surface area contributed by atoms with Crippen molar-refractivity contribution in [1.82, 2.24) is 10.2 Å². The molecule has 3 amide bonds. The molecule has 1 N–H and O–H groups in total. The Morgan fingerprint density at radius 2 is 1.53 bits per heavy atom. The molecule has 7 heteroatoms. The lowest BCUT2D eigenvalue weighted by molar-refractivity contribution is -0.143. The number of nitrogens with one attached hydrogen (secondary N) is 1. The van der Waals surface area contributed by atoms with E-state index >= 15 is 0 Å². The highest BCUT2D eigenvalue weighted by molar-refractivity contribution is 6.16. The Morgan fingerprint density at radius 1 is 0.842 bits per heavy atom. The van der Waals surface area contributed by atoms with Crippen molar-refractivity contribution in [1.29, 1.82) is 0 Å². The first-order valence-electron chi connectivity index (χ1n) is 13.1. The summed E-state index contributed by atoms with van der Waals surface area (Å²) in [5, 5.41) is 3.53. The summed E-state index contributed by atoms with van der Waals surface area (Å²) in [4.78, 5) is 45.3. The van der Waals surface area contributed by atoms with Crippen LogP contribution in [0.5, 0.6) is 0 Å². The van der Waals surface area contributed by atoms with E-state index < -0.39 is 23.2 Å². The van der Waals surface area contributed by atoms with E-state index in [9.17, 15) is 18.8 Å². The summed E-state index contributed by atoms with van der Waals surface area (Å²) in [6, 6.07) is 22.8. The number of hydrogen-bond donors (Lipinski definition) is 1. The molecule has 0 unspecified atom stereocenters. The fraction of sp³-hybridized carbons (Fsp3) is 0.323. The summed E-state index contributed by atoms with van der Waals surface area (Å²) in [6.45, 7) is 4.35. The second kappa shape index (κ2) is 9.17. The van der Waals surface area contributed by atoms with Crippen molar-refractivity contribution in [2.24, 2.45) is 17.8 Å². The zero-order valence-corrected chi connectivity index (χ0v) is 21.4. The van der Waals surface area contributed by atoms with Crippen LogP contribution >= 0.6 is 0 Å². The third-order valence-electron chi connectivity index (χ3n) is 8.15. The lowest BCUT2D eigenvalue weighted by Gasteiger charge is -2.31. The predicted octanol–water partition coefficient (Wildman–Crippen LogP) is 4.39. The monoisotopic (exact) mass is 511 g/mol. The van der Waals surface area contributed by atoms with Crippen molar-refractivity contribution in [3.8, 4) is 0 Å². The van der Waals surface area contributed by atoms with Crippen LogP contribution in [0.4, 0.5) is 10.1 Å². The molecule has 3 heterocycles. The van der Waals surface area contributed by atoms with Gasteiger partial charge >= 0.3 is 0 Å². The molecule has 194 valence electrons. The lowest BCUT2D eigenvalue weighted by atomic mass is 9.76. The predicted molar refractivity (Wildman–Crippen MR) is 141 cm³/mol.